The molecular weight excluding hydrogens is 1580 g/mol. The Balaban J connectivity index is 0.000000495. The number of hydrogen-bond donors (Lipinski definition) is 24. The van der Waals surface area contributed by atoms with Crippen LogP contribution in [0, 0.1) is 5.41 Å². The first kappa shape index (κ1) is 99.1. The van der Waals surface area contributed by atoms with E-state index >= 15 is 0 Å². The van der Waals surface area contributed by atoms with E-state index in [9.17, 15) is 127 Å². The fourth-order valence-electron chi connectivity index (χ4n) is 15.2. The minimum atomic E-state index is -2.25. The van der Waals surface area contributed by atoms with E-state index in [-0.39, 0.29) is 11.7 Å². The lowest BCUT2D eigenvalue weighted by atomic mass is 9.72. The molecule has 43 heteroatoms. The van der Waals surface area contributed by atoms with Gasteiger partial charge in [-0.25, -0.2) is 0 Å². The molecule has 30 fully saturated rings. The summed E-state index contributed by atoms with van der Waals surface area (Å²) in [6.07, 6.45) is -65.3. The van der Waals surface area contributed by atoms with Gasteiger partial charge in [-0.3, -0.25) is 4.79 Å². The van der Waals surface area contributed by atoms with Gasteiger partial charge < -0.3 is 208 Å². The molecule has 0 unspecified atom stereocenters. The average molecular weight is 1700 g/mol. The van der Waals surface area contributed by atoms with Gasteiger partial charge in [0.05, 0.1) is 52.9 Å². The summed E-state index contributed by atoms with van der Waals surface area (Å²) in [6.45, 7) is 9.56. The summed E-state index contributed by atoms with van der Waals surface area (Å²) in [4.78, 5) is 10.3. The van der Waals surface area contributed by atoms with Gasteiger partial charge in [0.25, 0.3) is 0 Å². The molecule has 0 aromatic carbocycles. The van der Waals surface area contributed by atoms with Gasteiger partial charge >= 0.3 is 0 Å². The smallest absolute Gasteiger partial charge is 0.187 e. The zero-order chi connectivity index (χ0) is 86.4. The van der Waals surface area contributed by atoms with Gasteiger partial charge in [0.1, 0.15) is 202 Å². The van der Waals surface area contributed by atoms with Crippen LogP contribution in [0.3, 0.4) is 0 Å². The molecule has 31 aliphatic rings. The number of aldehydes is 1. The zero-order valence-electron chi connectivity index (χ0n) is 65.9. The molecular formula is C74H122O43. The second-order valence-electron chi connectivity index (χ2n) is 30.5. The first-order valence-electron chi connectivity index (χ1n) is 38.9. The molecule has 43 nitrogen and oxygen atoms in total. The van der Waals surface area contributed by atoms with Crippen molar-refractivity contribution in [3.05, 3.63) is 58.7 Å². The third kappa shape index (κ3) is 23.6. The lowest BCUT2D eigenvalue weighted by Crippen LogP contribution is -2.69. The standard InChI is InChI=1S/C48H80O40.C20H28O.C6H14O2/c49-1-9-33-17(57)25(65)41(73-9)82-34-10(2-50)75-43(27(67)19(34)59)84-36-12(4-52)77-45(29(69)21(36)61)86-38-14(6-54)79-47(31(71)23(38)63)88-40-16(8-56)80-48(32(72)24(40)64)87-39-15(7-55)78-46(30(70)22(39)62)85-37-13(5-53)76-44(28(68)20(37)60)83-35-11(3-51)74-42(81-33)26(66)18(35)58;1-16(8-6-9-17(2)13-15-21)11-12-19-18(3)10-7-14-20(19,4)5;1-4-7-6(3)8-5-2/h9-72H,1-8H2;6,8-9,11-13,15H,7,10,14H2,1-5H3;6H,4-5H2,1-3H3/b;9-6+,12-11+,16-8+,17-13+;/t9-,10-,11-,12-,13-,14-,15-,16-,17-,18-,19-,20-,21-,22-,23-,24-,25-,26-,27-,28-,29-,30-,31-,32-,33-,34-,35-,36-,37-,38-,39-,40-,41-,42-,43-,44-,45-,46-,47-,48-;;/m1../s1. The normalized spacial score (nSPS) is 46.1. The number of hydrogen-bond acceptors (Lipinski definition) is 43. The molecule has 30 saturated heterocycles. The summed E-state index contributed by atoms with van der Waals surface area (Å²) < 4.78 is 101. The molecule has 676 valence electrons. The molecule has 30 aliphatic heterocycles. The van der Waals surface area contributed by atoms with Crippen LogP contribution in [0.2, 0.25) is 0 Å². The number of ether oxygens (including phenoxy) is 18. The van der Waals surface area contributed by atoms with Gasteiger partial charge in [0.15, 0.2) is 56.6 Å². The minimum absolute atomic E-state index is 0.0370. The maximum absolute atomic E-state index is 11.4. The number of aliphatic hydroxyl groups is 24. The average Bonchev–Trinajstić information content (AvgIpc) is 0.781. The maximum Gasteiger partial charge on any atom is 0.187 e. The number of allylic oxidation sites excluding steroid dienone is 10. The minimum Gasteiger partial charge on any atom is -0.394 e. The van der Waals surface area contributed by atoms with Crippen molar-refractivity contribution in [2.45, 2.75) is 327 Å². The van der Waals surface area contributed by atoms with E-state index in [1.807, 2.05) is 39.8 Å². The van der Waals surface area contributed by atoms with E-state index in [0.717, 1.165) is 25.1 Å². The molecule has 0 spiro atoms. The van der Waals surface area contributed by atoms with Crippen molar-refractivity contribution in [2.75, 3.05) is 66.1 Å². The Labute approximate surface area is 673 Å². The molecule has 1 aliphatic carbocycles. The largest absolute Gasteiger partial charge is 0.394 e. The molecule has 117 heavy (non-hydrogen) atoms. The summed E-state index contributed by atoms with van der Waals surface area (Å²) in [5, 5.41) is 265. The van der Waals surface area contributed by atoms with Gasteiger partial charge in [-0.05, 0) is 83.4 Å². The van der Waals surface area contributed by atoms with Crippen LogP contribution in [0.1, 0.15) is 74.7 Å². The quantitative estimate of drug-likeness (QED) is 0.0278. The van der Waals surface area contributed by atoms with Crippen LogP contribution in [-0.4, -0.2) is 447 Å². The Morgan fingerprint density at radius 2 is 0.573 bits per heavy atom. The first-order chi connectivity index (χ1) is 55.6. The third-order valence-electron chi connectivity index (χ3n) is 21.8. The van der Waals surface area contributed by atoms with Gasteiger partial charge in [0.2, 0.25) is 0 Å². The zero-order valence-corrected chi connectivity index (χ0v) is 65.9. The van der Waals surface area contributed by atoms with E-state index in [0.29, 0.717) is 0 Å². The van der Waals surface area contributed by atoms with Crippen molar-refractivity contribution in [3.63, 3.8) is 0 Å². The second-order valence-corrected chi connectivity index (χ2v) is 30.5. The Morgan fingerprint density at radius 3 is 0.761 bits per heavy atom. The monoisotopic (exact) mass is 1700 g/mol. The van der Waals surface area contributed by atoms with Gasteiger partial charge in [0, 0.05) is 13.2 Å². The Hall–Kier alpha value is -3.31. The third-order valence-corrected chi connectivity index (χ3v) is 21.8. The van der Waals surface area contributed by atoms with Crippen molar-refractivity contribution in [3.8, 4) is 0 Å². The van der Waals surface area contributed by atoms with Crippen molar-refractivity contribution in [1.29, 1.82) is 0 Å². The van der Waals surface area contributed by atoms with E-state index < -0.39 is 299 Å². The highest BCUT2D eigenvalue weighted by molar-refractivity contribution is 5.67. The van der Waals surface area contributed by atoms with E-state index in [4.69, 9.17) is 85.3 Å². The summed E-state index contributed by atoms with van der Waals surface area (Å²) in [7, 11) is 0. The number of carbonyl (C=O) groups is 1. The first-order valence-corrected chi connectivity index (χ1v) is 38.9. The summed E-state index contributed by atoms with van der Waals surface area (Å²) >= 11 is 0. The topological polar surface area (TPSA) is 669 Å². The highest BCUT2D eigenvalue weighted by atomic mass is 16.8. The molecule has 0 aromatic heterocycles. The molecule has 0 radical (unpaired) electrons. The molecule has 0 amide bonds. The maximum atomic E-state index is 11.4. The highest BCUT2D eigenvalue weighted by Gasteiger charge is 2.61. The Morgan fingerprint density at radius 1 is 0.359 bits per heavy atom. The summed E-state index contributed by atoms with van der Waals surface area (Å²) in [5.74, 6) is 0. The Bertz CT molecular complexity index is 2680. The summed E-state index contributed by atoms with van der Waals surface area (Å²) in [5.41, 5.74) is 5.48. The number of aliphatic hydroxyl groups excluding tert-OH is 24. The van der Waals surface area contributed by atoms with E-state index in [1.54, 1.807) is 6.08 Å². The molecule has 0 aromatic rings. The van der Waals surface area contributed by atoms with Gasteiger partial charge in [-0.2, -0.15) is 0 Å². The van der Waals surface area contributed by atoms with Crippen molar-refractivity contribution < 1.29 is 213 Å². The lowest BCUT2D eigenvalue weighted by molar-refractivity contribution is -0.404. The predicted octanol–water partition coefficient (Wildman–Crippen LogP) is -10.3. The SMILES string of the molecule is CC1=C(/C=C/C(C)=C/C=C/C(C)=C/C=O)C(C)(C)CCC1.CCOC(C)OCC.OC[C@H]1O[C@@H]2O[C@H]3[C@H](O)[C@@H](O)[C@@H](O[C@H]4[C@H](O)[C@@H](O)[C@@H](O[C@H]5[C@H](O)[C@@H](O)[C@@H](O[C@H]6[C@H](O)[C@@H](O)[C@@H](O[C@H]7[C@H](O)[C@@H](O)[C@@H](O[C@H]8[C@H](O)[C@@H](O)[C@@H](O[C@H]9[C@H](O)[C@@H](O)[C@@H](O[C@H]1[C@H](O)[C@H]2O)O[C@@H]9CO)O[C@@H]8CO)O[C@@H]7CO)O[C@@H]6CO)O[C@@H]5CO)O[C@@H]4CO)O[C@@H]3CO. The van der Waals surface area contributed by atoms with Crippen LogP contribution in [0.25, 0.3) is 0 Å². The van der Waals surface area contributed by atoms with Crippen LogP contribution < -0.4 is 0 Å². The van der Waals surface area contributed by atoms with Crippen molar-refractivity contribution >= 4 is 6.29 Å². The fourth-order valence-corrected chi connectivity index (χ4v) is 15.2. The van der Waals surface area contributed by atoms with Crippen LogP contribution in [0.15, 0.2) is 58.7 Å². The van der Waals surface area contributed by atoms with Gasteiger partial charge in [-0.1, -0.05) is 55.4 Å². The molecule has 30 heterocycles. The second kappa shape index (κ2) is 45.5. The molecule has 24 N–H and O–H groups in total. The van der Waals surface area contributed by atoms with E-state index in [2.05, 4.69) is 45.9 Å². The Kier molecular flexibility index (Phi) is 38.6. The van der Waals surface area contributed by atoms with E-state index in [1.165, 1.54) is 36.0 Å². The molecule has 40 atom stereocenters. The molecule has 31 rings (SSSR count). The van der Waals surface area contributed by atoms with Crippen LogP contribution in [-0.2, 0) is 90.1 Å². The molecule has 16 bridgehead atoms. The van der Waals surface area contributed by atoms with Gasteiger partial charge in [-0.15, -0.1) is 0 Å². The molecule has 0 saturated carbocycles. The lowest BCUT2D eigenvalue weighted by Gasteiger charge is -2.50. The summed E-state index contributed by atoms with van der Waals surface area (Å²) in [6, 6.07) is 0. The van der Waals surface area contributed by atoms with Crippen molar-refractivity contribution in [2.24, 2.45) is 5.41 Å². The highest BCUT2D eigenvalue weighted by Crippen LogP contribution is 2.43. The fraction of sp³-hybridized carbons (Fsp3) is 0.851. The predicted molar refractivity (Wildman–Crippen MR) is 386 cm³/mol. The van der Waals surface area contributed by atoms with Crippen LogP contribution in [0.4, 0.5) is 0 Å². The van der Waals surface area contributed by atoms with Crippen LogP contribution >= 0.6 is 0 Å². The number of rotatable bonds is 17. The van der Waals surface area contributed by atoms with Crippen LogP contribution in [0.5, 0.6) is 0 Å². The van der Waals surface area contributed by atoms with Crippen molar-refractivity contribution in [1.82, 2.24) is 0 Å². The number of carbonyl (C=O) groups excluding carboxylic acids is 1.